The van der Waals surface area contributed by atoms with Crippen molar-refractivity contribution >= 4 is 17.7 Å². The normalized spacial score (nSPS) is 10.6. The number of carbonyl (C=O) groups is 1. The number of rotatable bonds is 5. The summed E-state index contributed by atoms with van der Waals surface area (Å²) in [4.78, 5) is 14.6. The van der Waals surface area contributed by atoms with Gasteiger partial charge in [0.15, 0.2) is 5.82 Å². The molecule has 0 radical (unpaired) electrons. The van der Waals surface area contributed by atoms with Gasteiger partial charge in [-0.1, -0.05) is 35.1 Å². The van der Waals surface area contributed by atoms with Crippen molar-refractivity contribution in [3.05, 3.63) is 40.7 Å². The first-order valence-corrected chi connectivity index (χ1v) is 6.76. The van der Waals surface area contributed by atoms with E-state index < -0.39 is 5.97 Å². The van der Waals surface area contributed by atoms with Crippen LogP contribution in [0.5, 0.6) is 0 Å². The lowest BCUT2D eigenvalue weighted by Crippen LogP contribution is -1.97. The van der Waals surface area contributed by atoms with Crippen LogP contribution in [-0.4, -0.2) is 27.0 Å². The summed E-state index contributed by atoms with van der Waals surface area (Å²) < 4.78 is 4.98. The first-order valence-electron chi connectivity index (χ1n) is 5.78. The van der Waals surface area contributed by atoms with Crippen LogP contribution >= 0.6 is 11.8 Å². The predicted octanol–water partition coefficient (Wildman–Crippen LogP) is 2.45. The highest BCUT2D eigenvalue weighted by Gasteiger charge is 2.09. The fourth-order valence-electron chi connectivity index (χ4n) is 1.59. The number of aromatic nitrogens is 2. The third-order valence-corrected chi connectivity index (χ3v) is 3.51. The first-order chi connectivity index (χ1) is 9.04. The molecule has 0 amide bonds. The SMILES string of the molecule is Cc1ccc(Cc2noc(SCC(=O)O)n2)cc1C. The molecule has 19 heavy (non-hydrogen) atoms. The summed E-state index contributed by atoms with van der Waals surface area (Å²) in [6.45, 7) is 4.12. The van der Waals surface area contributed by atoms with Crippen molar-refractivity contribution in [1.29, 1.82) is 0 Å². The summed E-state index contributed by atoms with van der Waals surface area (Å²) in [5.74, 6) is -0.416. The molecule has 100 valence electrons. The molecule has 0 saturated carbocycles. The van der Waals surface area contributed by atoms with Crippen molar-refractivity contribution < 1.29 is 14.4 Å². The van der Waals surface area contributed by atoms with Gasteiger partial charge >= 0.3 is 5.97 Å². The highest BCUT2D eigenvalue weighted by Crippen LogP contribution is 2.17. The number of aryl methyl sites for hydroxylation is 2. The quantitative estimate of drug-likeness (QED) is 0.847. The van der Waals surface area contributed by atoms with Gasteiger partial charge in [-0.05, 0) is 30.5 Å². The molecule has 0 bridgehead atoms. The lowest BCUT2D eigenvalue weighted by atomic mass is 10.0. The number of nitrogens with zero attached hydrogens (tertiary/aromatic N) is 2. The lowest BCUT2D eigenvalue weighted by molar-refractivity contribution is -0.133. The third kappa shape index (κ3) is 3.82. The van der Waals surface area contributed by atoms with E-state index >= 15 is 0 Å². The van der Waals surface area contributed by atoms with Gasteiger partial charge < -0.3 is 9.63 Å². The van der Waals surface area contributed by atoms with Gasteiger partial charge in [-0.2, -0.15) is 4.98 Å². The van der Waals surface area contributed by atoms with Gasteiger partial charge in [0.25, 0.3) is 5.22 Å². The molecular formula is C13H14N2O3S. The average Bonchev–Trinajstić information content (AvgIpc) is 2.79. The fraction of sp³-hybridized carbons (Fsp3) is 0.308. The number of thioether (sulfide) groups is 1. The highest BCUT2D eigenvalue weighted by molar-refractivity contribution is 7.99. The Balaban J connectivity index is 2.02. The third-order valence-electron chi connectivity index (χ3n) is 2.70. The molecule has 0 unspecified atom stereocenters. The van der Waals surface area contributed by atoms with Crippen LogP contribution in [-0.2, 0) is 11.2 Å². The van der Waals surface area contributed by atoms with E-state index in [2.05, 4.69) is 36.1 Å². The minimum Gasteiger partial charge on any atom is -0.481 e. The molecule has 1 heterocycles. The van der Waals surface area contributed by atoms with Crippen LogP contribution in [0.15, 0.2) is 27.9 Å². The standard InChI is InChI=1S/C13H14N2O3S/c1-8-3-4-10(5-9(8)2)6-11-14-13(18-15-11)19-7-12(16)17/h3-5H,6-7H2,1-2H3,(H,16,17). The number of hydrogen-bond donors (Lipinski definition) is 1. The molecule has 0 aliphatic rings. The second-order valence-electron chi connectivity index (χ2n) is 4.25. The Hall–Kier alpha value is -1.82. The summed E-state index contributed by atoms with van der Waals surface area (Å²) in [7, 11) is 0. The maximum absolute atomic E-state index is 10.4. The van der Waals surface area contributed by atoms with E-state index in [-0.39, 0.29) is 5.75 Å². The Morgan fingerprint density at radius 3 is 2.84 bits per heavy atom. The maximum atomic E-state index is 10.4. The van der Waals surface area contributed by atoms with Crippen molar-refractivity contribution in [1.82, 2.24) is 10.1 Å². The fourth-order valence-corrected chi connectivity index (χ4v) is 2.09. The molecule has 2 rings (SSSR count). The van der Waals surface area contributed by atoms with Crippen LogP contribution in [0.1, 0.15) is 22.5 Å². The number of carboxylic acid groups (broad SMARTS) is 1. The van der Waals surface area contributed by atoms with Gasteiger partial charge in [0.2, 0.25) is 0 Å². The Morgan fingerprint density at radius 2 is 2.16 bits per heavy atom. The molecule has 0 fully saturated rings. The van der Waals surface area contributed by atoms with E-state index in [1.165, 1.54) is 11.1 Å². The smallest absolute Gasteiger partial charge is 0.314 e. The van der Waals surface area contributed by atoms with Crippen LogP contribution in [0, 0.1) is 13.8 Å². The van der Waals surface area contributed by atoms with E-state index in [0.717, 1.165) is 17.3 Å². The van der Waals surface area contributed by atoms with E-state index in [9.17, 15) is 4.79 Å². The minimum absolute atomic E-state index is 0.0781. The molecule has 0 atom stereocenters. The average molecular weight is 278 g/mol. The number of aliphatic carboxylic acids is 1. The number of carboxylic acids is 1. The molecule has 0 aliphatic heterocycles. The van der Waals surface area contributed by atoms with E-state index in [0.29, 0.717) is 17.5 Å². The van der Waals surface area contributed by atoms with Crippen LogP contribution in [0.25, 0.3) is 0 Å². The molecule has 1 N–H and O–H groups in total. The van der Waals surface area contributed by atoms with Gasteiger partial charge in [-0.15, -0.1) is 0 Å². The van der Waals surface area contributed by atoms with Gasteiger partial charge in [0, 0.05) is 6.42 Å². The zero-order valence-corrected chi connectivity index (χ0v) is 11.5. The van der Waals surface area contributed by atoms with Crippen LogP contribution in [0.3, 0.4) is 0 Å². The van der Waals surface area contributed by atoms with Crippen LogP contribution in [0.4, 0.5) is 0 Å². The summed E-state index contributed by atoms with van der Waals surface area (Å²) in [6, 6.07) is 6.18. The molecule has 1 aromatic heterocycles. The first kappa shape index (κ1) is 13.6. The van der Waals surface area contributed by atoms with Crippen molar-refractivity contribution in [2.45, 2.75) is 25.5 Å². The number of benzene rings is 1. The maximum Gasteiger partial charge on any atom is 0.314 e. The Bertz CT molecular complexity index is 595. The molecule has 0 saturated heterocycles. The Labute approximate surface area is 115 Å². The molecule has 5 nitrogen and oxygen atoms in total. The molecule has 0 spiro atoms. The van der Waals surface area contributed by atoms with Crippen molar-refractivity contribution in [2.24, 2.45) is 0 Å². The lowest BCUT2D eigenvalue weighted by Gasteiger charge is -2.02. The van der Waals surface area contributed by atoms with Crippen molar-refractivity contribution in [3.8, 4) is 0 Å². The molecule has 1 aromatic carbocycles. The summed E-state index contributed by atoms with van der Waals surface area (Å²) in [5, 5.41) is 12.7. The van der Waals surface area contributed by atoms with Gasteiger partial charge in [-0.25, -0.2) is 0 Å². The molecular weight excluding hydrogens is 264 g/mol. The Morgan fingerprint density at radius 1 is 1.37 bits per heavy atom. The molecule has 6 heteroatoms. The largest absolute Gasteiger partial charge is 0.481 e. The van der Waals surface area contributed by atoms with E-state index in [1.807, 2.05) is 6.07 Å². The summed E-state index contributed by atoms with van der Waals surface area (Å²) in [5.41, 5.74) is 3.58. The topological polar surface area (TPSA) is 76.2 Å². The molecule has 2 aromatic rings. The van der Waals surface area contributed by atoms with E-state index in [1.54, 1.807) is 0 Å². The van der Waals surface area contributed by atoms with Crippen LogP contribution < -0.4 is 0 Å². The Kier molecular flexibility index (Phi) is 4.21. The predicted molar refractivity (Wildman–Crippen MR) is 71.4 cm³/mol. The highest BCUT2D eigenvalue weighted by atomic mass is 32.2. The second kappa shape index (κ2) is 5.88. The second-order valence-corrected chi connectivity index (χ2v) is 5.18. The molecule has 0 aliphatic carbocycles. The summed E-state index contributed by atoms with van der Waals surface area (Å²) in [6.07, 6.45) is 0.582. The zero-order chi connectivity index (χ0) is 13.8. The zero-order valence-electron chi connectivity index (χ0n) is 10.7. The monoisotopic (exact) mass is 278 g/mol. The number of hydrogen-bond acceptors (Lipinski definition) is 5. The van der Waals surface area contributed by atoms with Crippen molar-refractivity contribution in [2.75, 3.05) is 5.75 Å². The van der Waals surface area contributed by atoms with Gasteiger partial charge in [0.05, 0.1) is 0 Å². The van der Waals surface area contributed by atoms with Gasteiger partial charge in [-0.3, -0.25) is 4.79 Å². The van der Waals surface area contributed by atoms with Crippen molar-refractivity contribution in [3.63, 3.8) is 0 Å². The summed E-state index contributed by atoms with van der Waals surface area (Å²) >= 11 is 1.03. The van der Waals surface area contributed by atoms with E-state index in [4.69, 9.17) is 9.63 Å². The van der Waals surface area contributed by atoms with Crippen LogP contribution in [0.2, 0.25) is 0 Å². The minimum atomic E-state index is -0.904. The van der Waals surface area contributed by atoms with Gasteiger partial charge in [0.1, 0.15) is 5.75 Å².